The number of ether oxygens (including phenoxy) is 1. The summed E-state index contributed by atoms with van der Waals surface area (Å²) in [5.41, 5.74) is 6.31. The van der Waals surface area contributed by atoms with Crippen LogP contribution in [0.15, 0.2) is 6.20 Å². The number of alkyl carbamates (subject to hydrolysis) is 1. The average Bonchev–Trinajstić information content (AvgIpc) is 2.17. The second-order valence-electron chi connectivity index (χ2n) is 4.68. The summed E-state index contributed by atoms with van der Waals surface area (Å²) in [6.07, 6.45) is 1.03. The maximum atomic E-state index is 11.4. The highest BCUT2D eigenvalue weighted by molar-refractivity contribution is 5.67. The Morgan fingerprint density at radius 2 is 2.18 bits per heavy atom. The van der Waals surface area contributed by atoms with E-state index in [4.69, 9.17) is 10.5 Å². The van der Waals surface area contributed by atoms with Crippen molar-refractivity contribution in [1.82, 2.24) is 15.3 Å². The first-order valence-corrected chi connectivity index (χ1v) is 5.33. The van der Waals surface area contributed by atoms with E-state index < -0.39 is 11.7 Å². The quantitative estimate of drug-likeness (QED) is 0.812. The monoisotopic (exact) mass is 238 g/mol. The third-order valence-electron chi connectivity index (χ3n) is 1.86. The maximum absolute atomic E-state index is 11.4. The van der Waals surface area contributed by atoms with E-state index in [0.29, 0.717) is 17.2 Å². The van der Waals surface area contributed by atoms with E-state index in [1.54, 1.807) is 27.7 Å². The van der Waals surface area contributed by atoms with Gasteiger partial charge in [-0.2, -0.15) is 0 Å². The van der Waals surface area contributed by atoms with E-state index in [9.17, 15) is 4.79 Å². The summed E-state index contributed by atoms with van der Waals surface area (Å²) in [7, 11) is 0. The molecule has 0 aliphatic rings. The molecule has 0 fully saturated rings. The maximum Gasteiger partial charge on any atom is 0.408 e. The Hall–Kier alpha value is -1.85. The van der Waals surface area contributed by atoms with Crippen LogP contribution < -0.4 is 11.1 Å². The van der Waals surface area contributed by atoms with E-state index in [1.165, 1.54) is 6.20 Å². The third-order valence-corrected chi connectivity index (χ3v) is 1.86. The molecule has 3 N–H and O–H groups in total. The van der Waals surface area contributed by atoms with Gasteiger partial charge >= 0.3 is 6.09 Å². The summed E-state index contributed by atoms with van der Waals surface area (Å²) in [4.78, 5) is 19.5. The van der Waals surface area contributed by atoms with Crippen molar-refractivity contribution in [1.29, 1.82) is 0 Å². The van der Waals surface area contributed by atoms with Crippen molar-refractivity contribution in [3.63, 3.8) is 0 Å². The standard InChI is InChI=1S/C11H18N4O2/c1-7-8(12)5-13-9(15-7)6-14-10(16)17-11(2,3)4/h5H,6,12H2,1-4H3,(H,14,16). The number of hydrogen-bond acceptors (Lipinski definition) is 5. The molecule has 94 valence electrons. The molecule has 0 bridgehead atoms. The van der Waals surface area contributed by atoms with Gasteiger partial charge in [-0.15, -0.1) is 0 Å². The Balaban J connectivity index is 2.50. The molecule has 1 amide bonds. The van der Waals surface area contributed by atoms with Gasteiger partial charge in [-0.05, 0) is 27.7 Å². The number of rotatable bonds is 2. The van der Waals surface area contributed by atoms with Gasteiger partial charge in [-0.3, -0.25) is 0 Å². The Morgan fingerprint density at radius 1 is 1.53 bits per heavy atom. The highest BCUT2D eigenvalue weighted by atomic mass is 16.6. The van der Waals surface area contributed by atoms with Crippen LogP contribution in [0.3, 0.4) is 0 Å². The lowest BCUT2D eigenvalue weighted by Crippen LogP contribution is -2.32. The number of aryl methyl sites for hydroxylation is 1. The Kier molecular flexibility index (Phi) is 3.88. The van der Waals surface area contributed by atoms with Crippen LogP contribution in [0, 0.1) is 6.92 Å². The van der Waals surface area contributed by atoms with Crippen LogP contribution >= 0.6 is 0 Å². The number of amides is 1. The fraction of sp³-hybridized carbons (Fsp3) is 0.545. The lowest BCUT2D eigenvalue weighted by atomic mass is 10.2. The molecule has 17 heavy (non-hydrogen) atoms. The Bertz CT molecular complexity index is 412. The average molecular weight is 238 g/mol. The lowest BCUT2D eigenvalue weighted by Gasteiger charge is -2.19. The first kappa shape index (κ1) is 13.2. The fourth-order valence-corrected chi connectivity index (χ4v) is 1.08. The van der Waals surface area contributed by atoms with Crippen LogP contribution in [0.5, 0.6) is 0 Å². The molecule has 0 aromatic carbocycles. The minimum absolute atomic E-state index is 0.218. The van der Waals surface area contributed by atoms with Crippen molar-refractivity contribution in [3.05, 3.63) is 17.7 Å². The van der Waals surface area contributed by atoms with Crippen molar-refractivity contribution in [2.75, 3.05) is 5.73 Å². The fourth-order valence-electron chi connectivity index (χ4n) is 1.08. The largest absolute Gasteiger partial charge is 0.444 e. The van der Waals surface area contributed by atoms with E-state index in [0.717, 1.165) is 0 Å². The van der Waals surface area contributed by atoms with Crippen LogP contribution in [0.4, 0.5) is 10.5 Å². The van der Waals surface area contributed by atoms with Crippen LogP contribution in [0.1, 0.15) is 32.3 Å². The van der Waals surface area contributed by atoms with Gasteiger partial charge in [-0.1, -0.05) is 0 Å². The number of carbonyl (C=O) groups is 1. The number of nitrogen functional groups attached to an aromatic ring is 1. The van der Waals surface area contributed by atoms with Gasteiger partial charge in [0.05, 0.1) is 24.1 Å². The summed E-state index contributed by atoms with van der Waals surface area (Å²) in [6.45, 7) is 7.41. The molecule has 0 aliphatic heterocycles. The molecule has 1 rings (SSSR count). The highest BCUT2D eigenvalue weighted by Crippen LogP contribution is 2.07. The Morgan fingerprint density at radius 3 is 2.71 bits per heavy atom. The lowest BCUT2D eigenvalue weighted by molar-refractivity contribution is 0.0522. The molecule has 0 atom stereocenters. The number of anilines is 1. The zero-order valence-electron chi connectivity index (χ0n) is 10.6. The molecule has 6 nitrogen and oxygen atoms in total. The van der Waals surface area contributed by atoms with Gasteiger partial charge in [-0.25, -0.2) is 14.8 Å². The number of hydrogen-bond donors (Lipinski definition) is 2. The first-order chi connectivity index (χ1) is 7.78. The molecule has 1 aromatic rings. The SMILES string of the molecule is Cc1nc(CNC(=O)OC(C)(C)C)ncc1N. The van der Waals surface area contributed by atoms with Crippen LogP contribution in [0.2, 0.25) is 0 Å². The number of nitrogens with one attached hydrogen (secondary N) is 1. The van der Waals surface area contributed by atoms with E-state index in [1.807, 2.05) is 0 Å². The van der Waals surface area contributed by atoms with Gasteiger partial charge in [0, 0.05) is 0 Å². The van der Waals surface area contributed by atoms with Gasteiger partial charge in [0.2, 0.25) is 0 Å². The molecule has 0 unspecified atom stereocenters. The van der Waals surface area contributed by atoms with Crippen molar-refractivity contribution in [3.8, 4) is 0 Å². The third kappa shape index (κ3) is 4.67. The van der Waals surface area contributed by atoms with E-state index in [2.05, 4.69) is 15.3 Å². The normalized spacial score (nSPS) is 11.1. The van der Waals surface area contributed by atoms with Gasteiger partial charge in [0.25, 0.3) is 0 Å². The summed E-state index contributed by atoms with van der Waals surface area (Å²) < 4.78 is 5.08. The number of carbonyl (C=O) groups excluding carboxylic acids is 1. The molecular formula is C11H18N4O2. The minimum atomic E-state index is -0.512. The molecule has 6 heteroatoms. The minimum Gasteiger partial charge on any atom is -0.444 e. The highest BCUT2D eigenvalue weighted by Gasteiger charge is 2.15. The molecule has 0 aliphatic carbocycles. The molecule has 1 aromatic heterocycles. The molecule has 0 spiro atoms. The van der Waals surface area contributed by atoms with Gasteiger partial charge in [0.15, 0.2) is 0 Å². The van der Waals surface area contributed by atoms with Crippen molar-refractivity contribution >= 4 is 11.8 Å². The molecule has 1 heterocycles. The zero-order valence-corrected chi connectivity index (χ0v) is 10.6. The van der Waals surface area contributed by atoms with Crippen LogP contribution in [-0.2, 0) is 11.3 Å². The van der Waals surface area contributed by atoms with Crippen molar-refractivity contribution in [2.45, 2.75) is 39.8 Å². The van der Waals surface area contributed by atoms with Crippen molar-refractivity contribution in [2.24, 2.45) is 0 Å². The molecule has 0 radical (unpaired) electrons. The second-order valence-corrected chi connectivity index (χ2v) is 4.68. The Labute approximate surface area is 101 Å². The topological polar surface area (TPSA) is 90.1 Å². The summed E-state index contributed by atoms with van der Waals surface area (Å²) in [5, 5.41) is 2.58. The first-order valence-electron chi connectivity index (χ1n) is 5.33. The smallest absolute Gasteiger partial charge is 0.408 e. The summed E-state index contributed by atoms with van der Waals surface area (Å²) >= 11 is 0. The van der Waals surface area contributed by atoms with Crippen LogP contribution in [-0.4, -0.2) is 21.7 Å². The van der Waals surface area contributed by atoms with Crippen LogP contribution in [0.25, 0.3) is 0 Å². The predicted octanol–water partition coefficient (Wildman–Crippen LogP) is 1.39. The number of aromatic nitrogens is 2. The number of nitrogens with zero attached hydrogens (tertiary/aromatic N) is 2. The van der Waals surface area contributed by atoms with Gasteiger partial charge in [0.1, 0.15) is 11.4 Å². The van der Waals surface area contributed by atoms with E-state index >= 15 is 0 Å². The molecule has 0 saturated heterocycles. The van der Waals surface area contributed by atoms with Crippen molar-refractivity contribution < 1.29 is 9.53 Å². The second kappa shape index (κ2) is 4.99. The molecular weight excluding hydrogens is 220 g/mol. The van der Waals surface area contributed by atoms with Gasteiger partial charge < -0.3 is 15.8 Å². The number of nitrogens with two attached hydrogens (primary N) is 1. The zero-order chi connectivity index (χ0) is 13.1. The predicted molar refractivity (Wildman–Crippen MR) is 64.3 cm³/mol. The summed E-state index contributed by atoms with van der Waals surface area (Å²) in [6, 6.07) is 0. The van der Waals surface area contributed by atoms with E-state index in [-0.39, 0.29) is 6.54 Å². The summed E-state index contributed by atoms with van der Waals surface area (Å²) in [5.74, 6) is 0.502. The molecule has 0 saturated carbocycles.